The number of hydrogen-bond donors (Lipinski definition) is 1. The molecule has 4 saturated heterocycles. The number of hydrogen-bond acceptors (Lipinski definition) is 21. The summed E-state index contributed by atoms with van der Waals surface area (Å²) in [5.74, 6) is -0.188. The maximum absolute atomic E-state index is 13.4. The standard InChI is InChI=1S/C36H41N7O6S.C31H33N7O4S/c1-36(2,3)49-35(45)42-18-14-27(15-19-42)48-34-32-28(25-10-11-31(38-22-25)41-16-12-24(21-37)13-17-41)20-29(30(44)23-50(4,46)47)39-33(32)43(40-34)26-8-6-5-7-9-26;1-43(40,41)20-27(39)26-17-25(22-7-8-28(34-19-22)37-15-11-21(18-32)12-16-37)29-30(35-26)38(23-5-3-2-4-6-23)36-31(29)42-24-9-13-33-14-10-24/h5-11,20,22,24,27H,12-19,23H2,1-4H3;2-8,17,19,21,24,33H,9-16,20H2,1H3. The van der Waals surface area contributed by atoms with E-state index < -0.39 is 48.3 Å². The largest absolute Gasteiger partial charge is 0.473 e. The zero-order valence-corrected chi connectivity index (χ0v) is 54.3. The molecule has 4 fully saturated rings. The highest BCUT2D eigenvalue weighted by atomic mass is 32.2. The van der Waals surface area contributed by atoms with Gasteiger partial charge in [0.05, 0.1) is 34.3 Å². The van der Waals surface area contributed by atoms with Crippen molar-refractivity contribution in [2.75, 3.05) is 86.2 Å². The summed E-state index contributed by atoms with van der Waals surface area (Å²) >= 11 is 0. The van der Waals surface area contributed by atoms with E-state index in [-0.39, 0.29) is 41.5 Å². The van der Waals surface area contributed by atoms with Crippen LogP contribution in [0.4, 0.5) is 16.4 Å². The predicted octanol–water partition coefficient (Wildman–Crippen LogP) is 8.81. The third kappa shape index (κ3) is 15.9. The first-order valence-electron chi connectivity index (χ1n) is 31.2. The van der Waals surface area contributed by atoms with E-state index in [4.69, 9.17) is 39.4 Å². The maximum atomic E-state index is 13.4. The van der Waals surface area contributed by atoms with Crippen LogP contribution in [0.5, 0.6) is 11.8 Å². The number of nitrogens with zero attached hydrogens (tertiary/aromatic N) is 13. The first kappa shape index (κ1) is 65.1. The Hall–Kier alpha value is -9.37. The Morgan fingerprint density at radius 2 is 0.978 bits per heavy atom. The third-order valence-electron chi connectivity index (χ3n) is 16.6. The molecule has 1 amide bonds. The molecule has 26 heteroatoms. The number of carbonyl (C=O) groups is 3. The molecule has 8 aromatic rings. The van der Waals surface area contributed by atoms with Crippen LogP contribution in [0.2, 0.25) is 0 Å². The number of anilines is 2. The number of likely N-dealkylation sites (tertiary alicyclic amines) is 1. The van der Waals surface area contributed by atoms with Crippen molar-refractivity contribution in [2.45, 2.75) is 89.9 Å². The third-order valence-corrected chi connectivity index (χ3v) is 18.2. The second-order valence-corrected chi connectivity index (χ2v) is 29.3. The van der Waals surface area contributed by atoms with Crippen LogP contribution >= 0.6 is 0 Å². The molecule has 2 aromatic carbocycles. The van der Waals surface area contributed by atoms with Gasteiger partial charge in [0.1, 0.15) is 52.3 Å². The fourth-order valence-electron chi connectivity index (χ4n) is 11.8. The van der Waals surface area contributed by atoms with Crippen LogP contribution in [0.3, 0.4) is 0 Å². The van der Waals surface area contributed by atoms with E-state index >= 15 is 0 Å². The monoisotopic (exact) mass is 1300 g/mol. The summed E-state index contributed by atoms with van der Waals surface area (Å²) in [7, 11) is -7.22. The maximum Gasteiger partial charge on any atom is 0.410 e. The highest BCUT2D eigenvalue weighted by molar-refractivity contribution is 7.91. The molecule has 4 aliphatic rings. The van der Waals surface area contributed by atoms with Crippen LogP contribution in [-0.4, -0.2) is 173 Å². The summed E-state index contributed by atoms with van der Waals surface area (Å²) < 4.78 is 70.3. The number of para-hydroxylation sites is 2. The summed E-state index contributed by atoms with van der Waals surface area (Å²) in [5, 5.41) is 32.8. The van der Waals surface area contributed by atoms with Crippen molar-refractivity contribution in [2.24, 2.45) is 11.8 Å². The van der Waals surface area contributed by atoms with Gasteiger partial charge in [-0.15, -0.1) is 10.2 Å². The number of sulfone groups is 2. The van der Waals surface area contributed by atoms with Crippen LogP contribution in [-0.2, 0) is 24.4 Å². The number of carbonyl (C=O) groups excluding carboxylic acids is 3. The number of fused-ring (bicyclic) bond motifs is 2. The lowest BCUT2D eigenvalue weighted by atomic mass is 9.98. The number of ether oxygens (including phenoxy) is 3. The molecule has 0 atom stereocenters. The summed E-state index contributed by atoms with van der Waals surface area (Å²) in [4.78, 5) is 64.1. The number of nitrogens with one attached hydrogen (secondary N) is 1. The number of rotatable bonds is 16. The van der Waals surface area contributed by atoms with Gasteiger partial charge in [-0.25, -0.2) is 50.9 Å². The van der Waals surface area contributed by atoms with Crippen molar-refractivity contribution in [3.63, 3.8) is 0 Å². The fourth-order valence-corrected chi connectivity index (χ4v) is 13.1. The van der Waals surface area contributed by atoms with E-state index in [2.05, 4.69) is 32.2 Å². The fraction of sp³-hybridized carbons (Fsp3) is 0.418. The van der Waals surface area contributed by atoms with E-state index in [9.17, 15) is 41.7 Å². The molecule has 93 heavy (non-hydrogen) atoms. The minimum atomic E-state index is -3.64. The van der Waals surface area contributed by atoms with Gasteiger partial charge in [-0.2, -0.15) is 10.5 Å². The smallest absolute Gasteiger partial charge is 0.410 e. The Kier molecular flexibility index (Phi) is 19.5. The van der Waals surface area contributed by atoms with E-state index in [0.717, 1.165) is 113 Å². The molecule has 0 radical (unpaired) electrons. The molecule has 0 aliphatic carbocycles. The molecule has 10 heterocycles. The molecule has 0 spiro atoms. The minimum absolute atomic E-state index is 0.0186. The molecule has 1 N–H and O–H groups in total. The first-order chi connectivity index (χ1) is 44.6. The topological polar surface area (TPSA) is 304 Å². The van der Waals surface area contributed by atoms with Gasteiger partial charge in [-0.1, -0.05) is 36.4 Å². The van der Waals surface area contributed by atoms with Crippen LogP contribution in [0.15, 0.2) is 109 Å². The van der Waals surface area contributed by atoms with Gasteiger partial charge in [0.2, 0.25) is 11.8 Å². The van der Waals surface area contributed by atoms with Gasteiger partial charge in [0.15, 0.2) is 42.5 Å². The van der Waals surface area contributed by atoms with Crippen molar-refractivity contribution >= 4 is 71.0 Å². The molecule has 12 rings (SSSR count). The van der Waals surface area contributed by atoms with E-state index in [1.165, 1.54) is 0 Å². The zero-order valence-electron chi connectivity index (χ0n) is 52.6. The Bertz CT molecular complexity index is 4350. The first-order valence-corrected chi connectivity index (χ1v) is 35.3. The van der Waals surface area contributed by atoms with Crippen molar-refractivity contribution in [3.05, 3.63) is 121 Å². The van der Waals surface area contributed by atoms with Gasteiger partial charge in [-0.05, 0) is 133 Å². The lowest BCUT2D eigenvalue weighted by molar-refractivity contribution is 0.0123. The van der Waals surface area contributed by atoms with Crippen LogP contribution < -0.4 is 24.6 Å². The van der Waals surface area contributed by atoms with Gasteiger partial charge >= 0.3 is 6.09 Å². The molecule has 24 nitrogen and oxygen atoms in total. The van der Waals surface area contributed by atoms with E-state index in [1.807, 2.05) is 106 Å². The summed E-state index contributed by atoms with van der Waals surface area (Å²) in [6, 6.07) is 34.3. The number of aromatic nitrogens is 8. The summed E-state index contributed by atoms with van der Waals surface area (Å²) in [6.07, 6.45) is 10.7. The number of pyridine rings is 4. The number of piperidine rings is 4. The molecule has 4 aliphatic heterocycles. The molecular formula is C67H74N14O10S2. The van der Waals surface area contributed by atoms with Gasteiger partial charge in [0, 0.05) is 111 Å². The Labute approximate surface area is 540 Å². The Morgan fingerprint density at radius 1 is 0.570 bits per heavy atom. The normalized spacial score (nSPS) is 16.5. The lowest BCUT2D eigenvalue weighted by Crippen LogP contribution is -2.44. The summed E-state index contributed by atoms with van der Waals surface area (Å²) in [6.45, 7) is 11.0. The predicted molar refractivity (Wildman–Crippen MR) is 351 cm³/mol. The summed E-state index contributed by atoms with van der Waals surface area (Å²) in [5.41, 5.74) is 4.13. The minimum Gasteiger partial charge on any atom is -0.473 e. The quantitative estimate of drug-likeness (QED) is 0.0883. The SMILES string of the molecule is CC(C)(C)OC(=O)N1CCC(Oc2nn(-c3ccccc3)c3nc(C(=O)CS(C)(=O)=O)cc(-c4ccc(N5CCC(C#N)CC5)nc4)c23)CC1.CS(=O)(=O)CC(=O)c1cc(-c2ccc(N3CCC(C#N)CC3)nc2)c2c(OC3CCNCC3)nn(-c3ccccc3)c2n1. The number of nitriles is 2. The second-order valence-electron chi connectivity index (χ2n) is 25.0. The van der Waals surface area contributed by atoms with Crippen LogP contribution in [0.25, 0.3) is 55.7 Å². The molecule has 0 bridgehead atoms. The highest BCUT2D eigenvalue weighted by Crippen LogP contribution is 2.40. The molecule has 0 saturated carbocycles. The Balaban J connectivity index is 0.000000192. The Morgan fingerprint density at radius 3 is 1.34 bits per heavy atom. The molecule has 0 unspecified atom stereocenters. The lowest BCUT2D eigenvalue weighted by Gasteiger charge is -2.33. The zero-order chi connectivity index (χ0) is 65.6. The number of benzene rings is 2. The number of Topliss-reactive ketones (excluding diaryl/α,β-unsaturated/α-hetero) is 2. The van der Waals surface area contributed by atoms with Gasteiger partial charge < -0.3 is 34.2 Å². The van der Waals surface area contributed by atoms with Crippen molar-refractivity contribution in [1.82, 2.24) is 49.7 Å². The molecular weight excluding hydrogens is 1220 g/mol. The van der Waals surface area contributed by atoms with Crippen molar-refractivity contribution in [1.29, 1.82) is 10.5 Å². The average molecular weight is 1300 g/mol. The second kappa shape index (κ2) is 27.8. The van der Waals surface area contributed by atoms with Crippen molar-refractivity contribution < 1.29 is 45.4 Å². The number of amides is 1. The van der Waals surface area contributed by atoms with Crippen LogP contribution in [0.1, 0.15) is 93.1 Å². The molecule has 484 valence electrons. The number of ketones is 2. The van der Waals surface area contributed by atoms with Crippen LogP contribution in [0, 0.1) is 34.5 Å². The molecule has 6 aromatic heterocycles. The highest BCUT2D eigenvalue weighted by Gasteiger charge is 2.33. The van der Waals surface area contributed by atoms with Crippen molar-refractivity contribution in [3.8, 4) is 57.5 Å². The van der Waals surface area contributed by atoms with E-state index in [0.29, 0.717) is 82.1 Å². The van der Waals surface area contributed by atoms with Gasteiger partial charge in [-0.3, -0.25) is 9.59 Å². The van der Waals surface area contributed by atoms with E-state index in [1.54, 1.807) is 38.8 Å². The average Bonchev–Trinajstić information content (AvgIpc) is 1.65. The van der Waals surface area contributed by atoms with Gasteiger partial charge in [0.25, 0.3) is 0 Å².